The molecular formula is C23H28FN5O2. The number of likely N-dealkylation sites (tertiary alicyclic amines) is 1. The van der Waals surface area contributed by atoms with Crippen LogP contribution >= 0.6 is 0 Å². The van der Waals surface area contributed by atoms with Crippen LogP contribution in [0.1, 0.15) is 38.2 Å². The average Bonchev–Trinajstić information content (AvgIpc) is 2.73. The van der Waals surface area contributed by atoms with Crippen LogP contribution in [0.25, 0.3) is 0 Å². The van der Waals surface area contributed by atoms with Crippen molar-refractivity contribution in [3.63, 3.8) is 0 Å². The van der Waals surface area contributed by atoms with Crippen LogP contribution < -0.4 is 10.2 Å². The number of halogens is 1. The molecule has 0 radical (unpaired) electrons. The molecule has 0 aliphatic carbocycles. The molecule has 1 N–H and O–H groups in total. The number of rotatable bonds is 5. The van der Waals surface area contributed by atoms with E-state index in [1.165, 1.54) is 6.07 Å². The lowest BCUT2D eigenvalue weighted by Crippen LogP contribution is -2.52. The van der Waals surface area contributed by atoms with Crippen molar-refractivity contribution in [3.8, 4) is 0 Å². The zero-order chi connectivity index (χ0) is 22.0. The Bertz CT molecular complexity index is 938. The van der Waals surface area contributed by atoms with E-state index < -0.39 is 0 Å². The summed E-state index contributed by atoms with van der Waals surface area (Å²) in [6.07, 6.45) is 3.11. The standard InChI is InChI=1S/C23H28FN5O2/c1-15(2)23(31)28-10-7-16(8-11-28)19-6-5-18(12-20(19)24)26-22(30)17-13-29(14-17)21-4-3-9-25-27-21/h3-6,9,12,15-17H,7-8,10-11,13-14H2,1-2H3,(H,26,30). The van der Waals surface area contributed by atoms with Gasteiger partial charge in [-0.2, -0.15) is 5.10 Å². The summed E-state index contributed by atoms with van der Waals surface area (Å²) in [4.78, 5) is 28.5. The molecule has 0 atom stereocenters. The van der Waals surface area contributed by atoms with Crippen LogP contribution in [-0.2, 0) is 9.59 Å². The summed E-state index contributed by atoms with van der Waals surface area (Å²) in [5, 5.41) is 10.7. The lowest BCUT2D eigenvalue weighted by Gasteiger charge is -2.38. The van der Waals surface area contributed by atoms with E-state index in [1.807, 2.05) is 35.8 Å². The van der Waals surface area contributed by atoms with Gasteiger partial charge in [0.25, 0.3) is 0 Å². The van der Waals surface area contributed by atoms with Crippen LogP contribution in [0.15, 0.2) is 36.5 Å². The first-order valence-electron chi connectivity index (χ1n) is 10.8. The van der Waals surface area contributed by atoms with Crippen LogP contribution in [0.4, 0.5) is 15.9 Å². The molecule has 31 heavy (non-hydrogen) atoms. The Morgan fingerprint density at radius 2 is 1.90 bits per heavy atom. The van der Waals surface area contributed by atoms with Crippen molar-refractivity contribution >= 4 is 23.3 Å². The quantitative estimate of drug-likeness (QED) is 0.797. The SMILES string of the molecule is CC(C)C(=O)N1CCC(c2ccc(NC(=O)C3CN(c4cccnn4)C3)cc2F)CC1. The number of hydrogen-bond acceptors (Lipinski definition) is 5. The summed E-state index contributed by atoms with van der Waals surface area (Å²) < 4.78 is 14.8. The molecule has 2 aliphatic rings. The Kier molecular flexibility index (Phi) is 6.15. The topological polar surface area (TPSA) is 78.4 Å². The molecule has 0 unspecified atom stereocenters. The van der Waals surface area contributed by atoms with E-state index in [0.29, 0.717) is 37.4 Å². The van der Waals surface area contributed by atoms with Gasteiger partial charge >= 0.3 is 0 Å². The minimum absolute atomic E-state index is 0.0143. The van der Waals surface area contributed by atoms with Gasteiger partial charge in [-0.05, 0) is 48.6 Å². The van der Waals surface area contributed by atoms with Gasteiger partial charge < -0.3 is 15.1 Å². The Morgan fingerprint density at radius 3 is 2.52 bits per heavy atom. The first-order valence-corrected chi connectivity index (χ1v) is 10.8. The van der Waals surface area contributed by atoms with E-state index in [1.54, 1.807) is 18.3 Å². The van der Waals surface area contributed by atoms with Gasteiger partial charge in [-0.1, -0.05) is 19.9 Å². The molecule has 0 saturated carbocycles. The van der Waals surface area contributed by atoms with Crippen molar-refractivity contribution in [1.82, 2.24) is 15.1 Å². The summed E-state index contributed by atoms with van der Waals surface area (Å²) in [6, 6.07) is 8.60. The molecule has 164 valence electrons. The van der Waals surface area contributed by atoms with Gasteiger partial charge in [0.2, 0.25) is 11.8 Å². The van der Waals surface area contributed by atoms with Gasteiger partial charge in [0.15, 0.2) is 5.82 Å². The van der Waals surface area contributed by atoms with Gasteiger partial charge in [0.1, 0.15) is 5.82 Å². The van der Waals surface area contributed by atoms with Gasteiger partial charge in [-0.3, -0.25) is 9.59 Å². The van der Waals surface area contributed by atoms with Crippen molar-refractivity contribution in [2.45, 2.75) is 32.6 Å². The second kappa shape index (κ2) is 8.99. The Labute approximate surface area is 181 Å². The predicted octanol–water partition coefficient (Wildman–Crippen LogP) is 3.05. The first kappa shape index (κ1) is 21.2. The molecule has 2 saturated heterocycles. The summed E-state index contributed by atoms with van der Waals surface area (Å²) >= 11 is 0. The number of nitrogens with one attached hydrogen (secondary N) is 1. The highest BCUT2D eigenvalue weighted by Crippen LogP contribution is 2.32. The number of benzene rings is 1. The van der Waals surface area contributed by atoms with Gasteiger partial charge in [0, 0.05) is 44.0 Å². The minimum Gasteiger partial charge on any atom is -0.353 e. The van der Waals surface area contributed by atoms with Gasteiger partial charge in [-0.15, -0.1) is 5.10 Å². The smallest absolute Gasteiger partial charge is 0.231 e. The predicted molar refractivity (Wildman–Crippen MR) is 116 cm³/mol. The van der Waals surface area contributed by atoms with Crippen molar-refractivity contribution in [2.75, 3.05) is 36.4 Å². The normalized spacial score (nSPS) is 17.5. The number of piperidine rings is 1. The third kappa shape index (κ3) is 4.68. The van der Waals surface area contributed by atoms with Crippen molar-refractivity contribution in [2.24, 2.45) is 11.8 Å². The fraction of sp³-hybridized carbons (Fsp3) is 0.478. The maximum absolute atomic E-state index is 14.8. The number of aromatic nitrogens is 2. The second-order valence-corrected chi connectivity index (χ2v) is 8.66. The average molecular weight is 426 g/mol. The van der Waals surface area contributed by atoms with E-state index in [2.05, 4.69) is 15.5 Å². The molecule has 2 fully saturated rings. The third-order valence-corrected chi connectivity index (χ3v) is 6.14. The van der Waals surface area contributed by atoms with E-state index in [4.69, 9.17) is 0 Å². The maximum atomic E-state index is 14.8. The van der Waals surface area contributed by atoms with Crippen LogP contribution in [0.3, 0.4) is 0 Å². The van der Waals surface area contributed by atoms with Crippen LogP contribution in [0.5, 0.6) is 0 Å². The van der Waals surface area contributed by atoms with E-state index in [9.17, 15) is 14.0 Å². The highest BCUT2D eigenvalue weighted by atomic mass is 19.1. The van der Waals surface area contributed by atoms with Crippen molar-refractivity contribution in [3.05, 3.63) is 47.9 Å². The molecule has 1 aromatic heterocycles. The number of anilines is 2. The molecule has 0 spiro atoms. The van der Waals surface area contributed by atoms with Crippen LogP contribution in [-0.4, -0.2) is 53.1 Å². The van der Waals surface area contributed by atoms with Gasteiger partial charge in [-0.25, -0.2) is 4.39 Å². The van der Waals surface area contributed by atoms with E-state index in [-0.39, 0.29) is 35.4 Å². The minimum atomic E-state index is -0.304. The third-order valence-electron chi connectivity index (χ3n) is 6.14. The lowest BCUT2D eigenvalue weighted by atomic mass is 9.88. The lowest BCUT2D eigenvalue weighted by molar-refractivity contribution is -0.135. The number of hydrogen-bond donors (Lipinski definition) is 1. The Balaban J connectivity index is 1.30. The van der Waals surface area contributed by atoms with E-state index in [0.717, 1.165) is 18.7 Å². The summed E-state index contributed by atoms with van der Waals surface area (Å²) in [6.45, 7) is 6.25. The molecular weight excluding hydrogens is 397 g/mol. The summed E-state index contributed by atoms with van der Waals surface area (Å²) in [5.41, 5.74) is 1.13. The fourth-order valence-electron chi connectivity index (χ4n) is 4.25. The van der Waals surface area contributed by atoms with Crippen LogP contribution in [0.2, 0.25) is 0 Å². The molecule has 1 aromatic carbocycles. The molecule has 2 amide bonds. The second-order valence-electron chi connectivity index (χ2n) is 8.66. The van der Waals surface area contributed by atoms with Crippen molar-refractivity contribution in [1.29, 1.82) is 0 Å². The highest BCUT2D eigenvalue weighted by Gasteiger charge is 2.34. The zero-order valence-corrected chi connectivity index (χ0v) is 17.9. The summed E-state index contributed by atoms with van der Waals surface area (Å²) in [7, 11) is 0. The Morgan fingerprint density at radius 1 is 1.16 bits per heavy atom. The molecule has 8 heteroatoms. The molecule has 7 nitrogen and oxygen atoms in total. The number of carbonyl (C=O) groups excluding carboxylic acids is 2. The summed E-state index contributed by atoms with van der Waals surface area (Å²) in [5.74, 6) is 0.406. The van der Waals surface area contributed by atoms with Crippen LogP contribution in [0, 0.1) is 17.7 Å². The van der Waals surface area contributed by atoms with E-state index >= 15 is 0 Å². The van der Waals surface area contributed by atoms with Crippen molar-refractivity contribution < 1.29 is 14.0 Å². The molecule has 0 bridgehead atoms. The largest absolute Gasteiger partial charge is 0.353 e. The maximum Gasteiger partial charge on any atom is 0.231 e. The molecule has 3 heterocycles. The number of nitrogens with zero attached hydrogens (tertiary/aromatic N) is 4. The van der Waals surface area contributed by atoms with Gasteiger partial charge in [0.05, 0.1) is 5.92 Å². The first-order chi connectivity index (χ1) is 14.9. The zero-order valence-electron chi connectivity index (χ0n) is 17.9. The fourth-order valence-corrected chi connectivity index (χ4v) is 4.25. The monoisotopic (exact) mass is 425 g/mol. The number of amides is 2. The Hall–Kier alpha value is -3.03. The molecule has 2 aliphatic heterocycles. The molecule has 4 rings (SSSR count). The molecule has 2 aromatic rings. The number of carbonyl (C=O) groups is 2. The highest BCUT2D eigenvalue weighted by molar-refractivity contribution is 5.94.